The lowest BCUT2D eigenvalue weighted by Gasteiger charge is -2.54. The van der Waals surface area contributed by atoms with Gasteiger partial charge in [0.1, 0.15) is 0 Å². The van der Waals surface area contributed by atoms with Crippen molar-refractivity contribution in [1.29, 1.82) is 0 Å². The van der Waals surface area contributed by atoms with Crippen LogP contribution in [-0.2, 0) is 0 Å². The molecule has 11 heavy (non-hydrogen) atoms. The fourth-order valence-electron chi connectivity index (χ4n) is 2.39. The molecule has 1 aliphatic heterocycles. The second-order valence-electron chi connectivity index (χ2n) is 3.84. The van der Waals surface area contributed by atoms with Gasteiger partial charge in [0.2, 0.25) is 0 Å². The van der Waals surface area contributed by atoms with E-state index in [-0.39, 0.29) is 17.6 Å². The van der Waals surface area contributed by atoms with Crippen molar-refractivity contribution in [2.24, 2.45) is 11.1 Å². The molecule has 1 saturated carbocycles. The molecular formula is C8H16N2O. The van der Waals surface area contributed by atoms with Crippen molar-refractivity contribution in [1.82, 2.24) is 5.32 Å². The Kier molecular flexibility index (Phi) is 1.67. The van der Waals surface area contributed by atoms with Gasteiger partial charge in [-0.05, 0) is 32.4 Å². The summed E-state index contributed by atoms with van der Waals surface area (Å²) in [4.78, 5) is 0. The first-order valence-electron chi connectivity index (χ1n) is 4.40. The topological polar surface area (TPSA) is 58.3 Å². The minimum absolute atomic E-state index is 0.0885. The Morgan fingerprint density at radius 3 is 2.36 bits per heavy atom. The maximum atomic E-state index is 9.59. The molecule has 2 unspecified atom stereocenters. The zero-order valence-corrected chi connectivity index (χ0v) is 6.71. The molecule has 4 N–H and O–H groups in total. The third-order valence-electron chi connectivity index (χ3n) is 3.41. The van der Waals surface area contributed by atoms with Crippen LogP contribution in [0.3, 0.4) is 0 Å². The van der Waals surface area contributed by atoms with Gasteiger partial charge in [-0.15, -0.1) is 0 Å². The zero-order chi connectivity index (χ0) is 7.90. The highest BCUT2D eigenvalue weighted by molar-refractivity contribution is 5.07. The Bertz CT molecular complexity index is 144. The number of rotatable bonds is 0. The average Bonchev–Trinajstić information content (AvgIpc) is 2.07. The number of piperidine rings is 1. The molecule has 2 fully saturated rings. The fraction of sp³-hybridized carbons (Fsp3) is 1.00. The Morgan fingerprint density at radius 1 is 1.36 bits per heavy atom. The van der Waals surface area contributed by atoms with Gasteiger partial charge in [-0.25, -0.2) is 0 Å². The molecule has 0 aromatic heterocycles. The number of hydrogen-bond donors (Lipinski definition) is 3. The van der Waals surface area contributed by atoms with Gasteiger partial charge in [0.25, 0.3) is 0 Å². The summed E-state index contributed by atoms with van der Waals surface area (Å²) >= 11 is 0. The molecule has 1 aliphatic carbocycles. The number of hydrogen-bond acceptors (Lipinski definition) is 3. The van der Waals surface area contributed by atoms with Crippen LogP contribution in [0, 0.1) is 5.41 Å². The van der Waals surface area contributed by atoms with Gasteiger partial charge in [-0.3, -0.25) is 0 Å². The van der Waals surface area contributed by atoms with Crippen molar-refractivity contribution in [3.05, 3.63) is 0 Å². The standard InChI is InChI=1S/C8H16N2O/c9-6-5-7(11)8(6)1-3-10-4-2-8/h6-7,10-11H,1-5,9H2. The van der Waals surface area contributed by atoms with E-state index in [9.17, 15) is 5.11 Å². The van der Waals surface area contributed by atoms with Crippen LogP contribution in [0.4, 0.5) is 0 Å². The number of aliphatic hydroxyl groups excluding tert-OH is 1. The van der Waals surface area contributed by atoms with Gasteiger partial charge < -0.3 is 16.2 Å². The summed E-state index contributed by atoms with van der Waals surface area (Å²) in [5.74, 6) is 0. The second kappa shape index (κ2) is 2.44. The average molecular weight is 156 g/mol. The van der Waals surface area contributed by atoms with E-state index in [1.807, 2.05) is 0 Å². The quantitative estimate of drug-likeness (QED) is 0.441. The monoisotopic (exact) mass is 156 g/mol. The van der Waals surface area contributed by atoms with E-state index in [1.54, 1.807) is 0 Å². The predicted molar refractivity (Wildman–Crippen MR) is 43.1 cm³/mol. The van der Waals surface area contributed by atoms with E-state index < -0.39 is 0 Å². The molecule has 3 nitrogen and oxygen atoms in total. The van der Waals surface area contributed by atoms with E-state index in [0.29, 0.717) is 0 Å². The van der Waals surface area contributed by atoms with Crippen LogP contribution in [0.2, 0.25) is 0 Å². The first kappa shape index (κ1) is 7.53. The van der Waals surface area contributed by atoms with Gasteiger partial charge in [0.15, 0.2) is 0 Å². The van der Waals surface area contributed by atoms with Crippen molar-refractivity contribution in [3.8, 4) is 0 Å². The number of aliphatic hydroxyl groups is 1. The van der Waals surface area contributed by atoms with Crippen LogP contribution in [0.25, 0.3) is 0 Å². The zero-order valence-electron chi connectivity index (χ0n) is 6.71. The first-order chi connectivity index (χ1) is 5.26. The Balaban J connectivity index is 2.06. The molecule has 2 atom stereocenters. The van der Waals surface area contributed by atoms with Crippen molar-refractivity contribution < 1.29 is 5.11 Å². The van der Waals surface area contributed by atoms with E-state index in [1.165, 1.54) is 0 Å². The number of nitrogens with two attached hydrogens (primary N) is 1. The molecule has 0 aromatic carbocycles. The molecule has 0 radical (unpaired) electrons. The van der Waals surface area contributed by atoms with E-state index in [0.717, 1.165) is 32.4 Å². The highest BCUT2D eigenvalue weighted by Gasteiger charge is 2.52. The largest absolute Gasteiger partial charge is 0.392 e. The van der Waals surface area contributed by atoms with Crippen LogP contribution >= 0.6 is 0 Å². The van der Waals surface area contributed by atoms with Crippen molar-refractivity contribution in [2.45, 2.75) is 31.4 Å². The molecule has 0 amide bonds. The fourth-order valence-corrected chi connectivity index (χ4v) is 2.39. The maximum absolute atomic E-state index is 9.59. The van der Waals surface area contributed by atoms with Gasteiger partial charge in [0.05, 0.1) is 6.10 Å². The SMILES string of the molecule is NC1CC(O)C12CCNCC2. The van der Waals surface area contributed by atoms with Gasteiger partial charge in [0, 0.05) is 11.5 Å². The summed E-state index contributed by atoms with van der Waals surface area (Å²) in [7, 11) is 0. The first-order valence-corrected chi connectivity index (χ1v) is 4.40. The minimum atomic E-state index is -0.125. The third kappa shape index (κ3) is 0.916. The van der Waals surface area contributed by atoms with Crippen molar-refractivity contribution in [2.75, 3.05) is 13.1 Å². The molecule has 1 saturated heterocycles. The lowest BCUT2D eigenvalue weighted by Crippen LogP contribution is -2.64. The molecule has 2 rings (SSSR count). The van der Waals surface area contributed by atoms with Crippen LogP contribution < -0.4 is 11.1 Å². The summed E-state index contributed by atoms with van der Waals surface area (Å²) < 4.78 is 0. The van der Waals surface area contributed by atoms with Crippen LogP contribution in [0.1, 0.15) is 19.3 Å². The Morgan fingerprint density at radius 2 is 2.00 bits per heavy atom. The molecule has 3 heteroatoms. The lowest BCUT2D eigenvalue weighted by atomic mass is 9.58. The number of nitrogens with one attached hydrogen (secondary N) is 1. The molecule has 0 aromatic rings. The van der Waals surface area contributed by atoms with Gasteiger partial charge in [-0.2, -0.15) is 0 Å². The highest BCUT2D eigenvalue weighted by atomic mass is 16.3. The van der Waals surface area contributed by atoms with E-state index >= 15 is 0 Å². The van der Waals surface area contributed by atoms with Gasteiger partial charge in [-0.1, -0.05) is 0 Å². The van der Waals surface area contributed by atoms with Crippen molar-refractivity contribution in [3.63, 3.8) is 0 Å². The summed E-state index contributed by atoms with van der Waals surface area (Å²) in [6.07, 6.45) is 2.78. The van der Waals surface area contributed by atoms with Crippen LogP contribution in [0.5, 0.6) is 0 Å². The normalized spacial score (nSPS) is 42.0. The molecule has 0 bridgehead atoms. The maximum Gasteiger partial charge on any atom is 0.0627 e. The smallest absolute Gasteiger partial charge is 0.0627 e. The molecular weight excluding hydrogens is 140 g/mol. The van der Waals surface area contributed by atoms with Crippen molar-refractivity contribution >= 4 is 0 Å². The van der Waals surface area contributed by atoms with E-state index in [2.05, 4.69) is 5.32 Å². The summed E-state index contributed by atoms with van der Waals surface area (Å²) in [6, 6.07) is 0.250. The third-order valence-corrected chi connectivity index (χ3v) is 3.41. The molecule has 64 valence electrons. The minimum Gasteiger partial charge on any atom is -0.392 e. The summed E-state index contributed by atoms with van der Waals surface area (Å²) in [5.41, 5.74) is 5.98. The van der Waals surface area contributed by atoms with Gasteiger partial charge >= 0.3 is 0 Å². The predicted octanol–water partition coefficient (Wildman–Crippen LogP) is -0.552. The molecule has 1 spiro atoms. The summed E-state index contributed by atoms with van der Waals surface area (Å²) in [5, 5.41) is 12.9. The summed E-state index contributed by atoms with van der Waals surface area (Å²) in [6.45, 7) is 2.04. The van der Waals surface area contributed by atoms with Crippen LogP contribution in [-0.4, -0.2) is 30.3 Å². The highest BCUT2D eigenvalue weighted by Crippen LogP contribution is 2.46. The Hall–Kier alpha value is -0.120. The van der Waals surface area contributed by atoms with Crippen LogP contribution in [0.15, 0.2) is 0 Å². The molecule has 2 aliphatic rings. The van der Waals surface area contributed by atoms with E-state index in [4.69, 9.17) is 5.73 Å². The molecule has 1 heterocycles. The second-order valence-corrected chi connectivity index (χ2v) is 3.84. The Labute approximate surface area is 67.0 Å². The lowest BCUT2D eigenvalue weighted by molar-refractivity contribution is -0.101.